The van der Waals surface area contributed by atoms with E-state index in [4.69, 9.17) is 4.74 Å². The molecule has 3 aliphatic carbocycles. The lowest BCUT2D eigenvalue weighted by molar-refractivity contribution is -0.132. The van der Waals surface area contributed by atoms with Crippen LogP contribution in [0.4, 0.5) is 9.52 Å². The van der Waals surface area contributed by atoms with Crippen LogP contribution in [0.15, 0.2) is 18.3 Å². The highest BCUT2D eigenvalue weighted by Crippen LogP contribution is 2.62. The summed E-state index contributed by atoms with van der Waals surface area (Å²) in [7, 11) is 0. The lowest BCUT2D eigenvalue weighted by Gasteiger charge is -2.50. The number of rotatable bonds is 5. The van der Waals surface area contributed by atoms with Crippen LogP contribution >= 0.6 is 11.3 Å². The summed E-state index contributed by atoms with van der Waals surface area (Å²) in [5.41, 5.74) is 1.65. The molecular weight excluding hydrogens is 467 g/mol. The summed E-state index contributed by atoms with van der Waals surface area (Å²) in [5.74, 6) is -0.0200. The number of amides is 1. The van der Waals surface area contributed by atoms with Gasteiger partial charge in [-0.1, -0.05) is 6.92 Å². The summed E-state index contributed by atoms with van der Waals surface area (Å²) in [6.45, 7) is 5.32. The van der Waals surface area contributed by atoms with E-state index in [1.807, 2.05) is 6.92 Å². The van der Waals surface area contributed by atoms with Gasteiger partial charge in [0.15, 0.2) is 16.7 Å². The second kappa shape index (κ2) is 9.12. The summed E-state index contributed by atoms with van der Waals surface area (Å²) in [6, 6.07) is 3.22. The molecule has 0 bridgehead atoms. The molecular formula is C27H31FN2O4S. The van der Waals surface area contributed by atoms with Crippen LogP contribution in [0.2, 0.25) is 0 Å². The molecule has 1 aromatic heterocycles. The molecule has 0 radical (unpaired) electrons. The number of carbonyl (C=O) groups is 3. The minimum Gasteiger partial charge on any atom is -0.424 e. The molecule has 1 aromatic carbocycles. The number of fused-ring (bicyclic) bond motifs is 5. The zero-order valence-corrected chi connectivity index (χ0v) is 21.2. The standard InChI is InChI=1S/C27H31FN2O4S/c1-14-13-29-26(35-14)30-24(33)7-5-17-11-23(32)27(3)9-8-18-19(25(17)27)6-4-16-10-22(34-15(2)31)21(28)12-20(16)18/h10,12-13,17-19,25H,4-9,11H2,1-3H3,(H,29,30,33)/t17-,18?,19?,25?,27-/m1/s1. The van der Waals surface area contributed by atoms with E-state index in [1.54, 1.807) is 18.3 Å². The second-order valence-corrected chi connectivity index (χ2v) is 11.9. The van der Waals surface area contributed by atoms with E-state index in [2.05, 4.69) is 17.2 Å². The molecule has 186 valence electrons. The molecule has 3 unspecified atom stereocenters. The number of benzene rings is 1. The van der Waals surface area contributed by atoms with Crippen LogP contribution in [0.5, 0.6) is 5.75 Å². The van der Waals surface area contributed by atoms with Crippen LogP contribution in [0, 0.1) is 35.9 Å². The van der Waals surface area contributed by atoms with Gasteiger partial charge < -0.3 is 10.1 Å². The number of ketones is 1. The second-order valence-electron chi connectivity index (χ2n) is 10.6. The maximum absolute atomic E-state index is 14.8. The summed E-state index contributed by atoms with van der Waals surface area (Å²) in [6.07, 6.45) is 6.59. The largest absolute Gasteiger partial charge is 0.424 e. The number of aromatic nitrogens is 1. The van der Waals surface area contributed by atoms with E-state index in [0.29, 0.717) is 30.2 Å². The summed E-state index contributed by atoms with van der Waals surface area (Å²) < 4.78 is 19.9. The molecule has 0 spiro atoms. The number of nitrogens with zero attached hydrogens (tertiary/aromatic N) is 1. The fourth-order valence-corrected chi connectivity index (χ4v) is 7.72. The number of halogens is 1. The normalized spacial score (nSPS) is 29.2. The van der Waals surface area contributed by atoms with Crippen molar-refractivity contribution in [1.29, 1.82) is 0 Å². The molecule has 2 saturated carbocycles. The Hall–Kier alpha value is -2.61. The minimum atomic E-state index is -0.535. The summed E-state index contributed by atoms with van der Waals surface area (Å²) in [5, 5.41) is 3.49. The third kappa shape index (κ3) is 4.41. The number of carbonyl (C=O) groups excluding carboxylic acids is 3. The van der Waals surface area contributed by atoms with Crippen molar-refractivity contribution in [3.05, 3.63) is 40.2 Å². The Morgan fingerprint density at radius 1 is 1.31 bits per heavy atom. The first-order valence-electron chi connectivity index (χ1n) is 12.4. The van der Waals surface area contributed by atoms with E-state index in [0.717, 1.165) is 41.7 Å². The lowest BCUT2D eigenvalue weighted by Crippen LogP contribution is -2.44. The number of esters is 1. The monoisotopic (exact) mass is 498 g/mol. The van der Waals surface area contributed by atoms with E-state index >= 15 is 0 Å². The number of nitrogens with one attached hydrogen (secondary N) is 1. The fourth-order valence-electron chi connectivity index (χ4n) is 7.04. The van der Waals surface area contributed by atoms with Gasteiger partial charge in [0.1, 0.15) is 5.78 Å². The van der Waals surface area contributed by atoms with Crippen LogP contribution in [-0.4, -0.2) is 22.6 Å². The van der Waals surface area contributed by atoms with E-state index in [9.17, 15) is 18.8 Å². The van der Waals surface area contributed by atoms with Gasteiger partial charge in [0, 0.05) is 36.3 Å². The van der Waals surface area contributed by atoms with Crippen LogP contribution in [0.25, 0.3) is 0 Å². The van der Waals surface area contributed by atoms with E-state index in [1.165, 1.54) is 18.3 Å². The van der Waals surface area contributed by atoms with Crippen molar-refractivity contribution in [2.75, 3.05) is 5.32 Å². The average Bonchev–Trinajstić information content (AvgIpc) is 3.32. The molecule has 5 rings (SSSR count). The van der Waals surface area contributed by atoms with Gasteiger partial charge in [-0.05, 0) is 86.0 Å². The Kier molecular flexibility index (Phi) is 6.28. The van der Waals surface area contributed by atoms with Gasteiger partial charge in [-0.15, -0.1) is 11.3 Å². The minimum absolute atomic E-state index is 0.00861. The Labute approximate surface area is 208 Å². The number of hydrogen-bond donors (Lipinski definition) is 1. The highest BCUT2D eigenvalue weighted by Gasteiger charge is 2.58. The Morgan fingerprint density at radius 2 is 2.11 bits per heavy atom. The number of ether oxygens (including phenoxy) is 1. The molecule has 3 aliphatic rings. The molecule has 6 nitrogen and oxygen atoms in total. The predicted molar refractivity (Wildman–Crippen MR) is 131 cm³/mol. The average molecular weight is 499 g/mol. The summed E-state index contributed by atoms with van der Waals surface area (Å²) >= 11 is 1.45. The fraction of sp³-hybridized carbons (Fsp3) is 0.556. The number of aryl methyl sites for hydroxylation is 2. The Morgan fingerprint density at radius 3 is 2.83 bits per heavy atom. The van der Waals surface area contributed by atoms with Gasteiger partial charge in [-0.2, -0.15) is 0 Å². The Balaban J connectivity index is 1.35. The SMILES string of the molecule is CC(=O)Oc1cc2c(cc1F)C1CC[C@]3(C)C(=O)C[C@@H](CCC(=O)Nc4ncc(C)s4)C3C1CC2. The van der Waals surface area contributed by atoms with Crippen molar-refractivity contribution >= 4 is 34.1 Å². The zero-order valence-electron chi connectivity index (χ0n) is 20.4. The van der Waals surface area contributed by atoms with Gasteiger partial charge in [-0.25, -0.2) is 9.37 Å². The van der Waals surface area contributed by atoms with Crippen LogP contribution < -0.4 is 10.1 Å². The lowest BCUT2D eigenvalue weighted by atomic mass is 9.54. The van der Waals surface area contributed by atoms with Crippen molar-refractivity contribution < 1.29 is 23.5 Å². The van der Waals surface area contributed by atoms with Crippen molar-refractivity contribution in [2.24, 2.45) is 23.2 Å². The van der Waals surface area contributed by atoms with Gasteiger partial charge in [0.25, 0.3) is 0 Å². The highest BCUT2D eigenvalue weighted by molar-refractivity contribution is 7.15. The zero-order chi connectivity index (χ0) is 24.9. The Bertz CT molecular complexity index is 1190. The molecule has 35 heavy (non-hydrogen) atoms. The van der Waals surface area contributed by atoms with Crippen molar-refractivity contribution in [2.45, 2.75) is 71.6 Å². The van der Waals surface area contributed by atoms with Crippen LogP contribution in [0.1, 0.15) is 74.3 Å². The van der Waals surface area contributed by atoms with Gasteiger partial charge in [0.2, 0.25) is 5.91 Å². The van der Waals surface area contributed by atoms with E-state index in [-0.39, 0.29) is 40.7 Å². The van der Waals surface area contributed by atoms with Crippen molar-refractivity contribution in [1.82, 2.24) is 4.98 Å². The number of thiazole rings is 1. The molecule has 2 fully saturated rings. The van der Waals surface area contributed by atoms with Crippen LogP contribution in [-0.2, 0) is 20.8 Å². The topological polar surface area (TPSA) is 85.4 Å². The quantitative estimate of drug-likeness (QED) is 0.429. The maximum Gasteiger partial charge on any atom is 0.308 e. The molecule has 1 amide bonds. The summed E-state index contributed by atoms with van der Waals surface area (Å²) in [4.78, 5) is 42.4. The van der Waals surface area contributed by atoms with Crippen molar-refractivity contribution in [3.8, 4) is 5.75 Å². The molecule has 1 N–H and O–H groups in total. The number of hydrogen-bond acceptors (Lipinski definition) is 6. The molecule has 1 heterocycles. The number of Topliss-reactive ketones (excluding diaryl/α,β-unsaturated/α-hetero) is 1. The third-order valence-electron chi connectivity index (χ3n) is 8.48. The molecule has 0 saturated heterocycles. The predicted octanol–water partition coefficient (Wildman–Crippen LogP) is 5.59. The van der Waals surface area contributed by atoms with Gasteiger partial charge in [-0.3, -0.25) is 14.4 Å². The first-order chi connectivity index (χ1) is 16.7. The highest BCUT2D eigenvalue weighted by atomic mass is 32.1. The molecule has 0 aliphatic heterocycles. The maximum atomic E-state index is 14.8. The smallest absolute Gasteiger partial charge is 0.308 e. The van der Waals surface area contributed by atoms with E-state index < -0.39 is 11.8 Å². The van der Waals surface area contributed by atoms with Gasteiger partial charge >= 0.3 is 5.97 Å². The molecule has 2 aromatic rings. The first kappa shape index (κ1) is 24.1. The van der Waals surface area contributed by atoms with Crippen molar-refractivity contribution in [3.63, 3.8) is 0 Å². The molecule has 8 heteroatoms. The van der Waals surface area contributed by atoms with Crippen LogP contribution in [0.3, 0.4) is 0 Å². The first-order valence-corrected chi connectivity index (χ1v) is 13.2. The third-order valence-corrected chi connectivity index (χ3v) is 9.31. The van der Waals surface area contributed by atoms with Gasteiger partial charge in [0.05, 0.1) is 0 Å². The molecule has 5 atom stereocenters. The number of anilines is 1.